The fourth-order valence-electron chi connectivity index (χ4n) is 10.4. The first-order valence-electron chi connectivity index (χ1n) is 22.8. The van der Waals surface area contributed by atoms with Crippen LogP contribution < -0.4 is 38.2 Å². The third kappa shape index (κ3) is 6.81. The van der Waals surface area contributed by atoms with Gasteiger partial charge in [-0.25, -0.2) is 0 Å². The van der Waals surface area contributed by atoms with Gasteiger partial charge < -0.3 is 9.13 Å². The van der Waals surface area contributed by atoms with Crippen molar-refractivity contribution in [2.24, 2.45) is 0 Å². The lowest BCUT2D eigenvalue weighted by molar-refractivity contribution is 1.18. The average Bonchev–Trinajstić information content (AvgIpc) is 3.94. The standard InChI is InChI=1S/C60H33B7N2/c61-52-48(39-27-28-46-45(33-39)49-44(37-21-11-4-12-22-37)25-14-26-47(49)68(46)42-24-13-23-38(30-42)34-15-5-1-6-16-34)53(62)57(66)59-50(52)51-54(63)55(64)56(65)58(67)60(51)69(59)43-31-40(35-17-7-2-8-18-35)29-41(32-43)36-19-9-3-10-20-36/h1-33H. The largest absolute Gasteiger partial charge is 0.310 e. The Hall–Kier alpha value is -7.75. The lowest BCUT2D eigenvalue weighted by atomic mass is 9.64. The van der Waals surface area contributed by atoms with Crippen molar-refractivity contribution in [1.82, 2.24) is 9.13 Å². The first-order valence-corrected chi connectivity index (χ1v) is 22.8. The molecule has 0 spiro atoms. The van der Waals surface area contributed by atoms with Crippen molar-refractivity contribution in [2.75, 3.05) is 0 Å². The van der Waals surface area contributed by atoms with Gasteiger partial charge in [0.1, 0.15) is 54.9 Å². The molecule has 0 aliphatic rings. The number of aromatic nitrogens is 2. The summed E-state index contributed by atoms with van der Waals surface area (Å²) in [7, 11) is 49.8. The molecule has 0 amide bonds. The molecule has 2 heterocycles. The lowest BCUT2D eigenvalue weighted by Gasteiger charge is -2.20. The van der Waals surface area contributed by atoms with Crippen molar-refractivity contribution < 1.29 is 0 Å². The van der Waals surface area contributed by atoms with Gasteiger partial charge in [0.25, 0.3) is 0 Å². The maximum absolute atomic E-state index is 7.55. The van der Waals surface area contributed by atoms with Crippen molar-refractivity contribution >= 4 is 137 Å². The molecule has 0 bridgehead atoms. The molecule has 12 rings (SSSR count). The van der Waals surface area contributed by atoms with Gasteiger partial charge in [0.2, 0.25) is 0 Å². The summed E-state index contributed by atoms with van der Waals surface area (Å²) in [4.78, 5) is 0. The molecule has 10 aromatic carbocycles. The Balaban J connectivity index is 1.15. The van der Waals surface area contributed by atoms with Crippen LogP contribution in [0.15, 0.2) is 200 Å². The number of hydrogen-bond acceptors (Lipinski definition) is 0. The van der Waals surface area contributed by atoms with Crippen molar-refractivity contribution in [1.29, 1.82) is 0 Å². The van der Waals surface area contributed by atoms with Crippen LogP contribution in [-0.4, -0.2) is 64.1 Å². The SMILES string of the molecule is [B]c1c([B])c([B])c2c(c1[B])c1c([B])c(-c3ccc4c(c3)c3c(-c5ccccc5)cccc3n4-c3cccc(-c4ccccc4)c3)c([B])c([B])c1n2-c1cc(-c2ccccc2)cc(-c2ccccc2)c1. The smallest absolute Gasteiger partial charge is 0.115 e. The van der Waals surface area contributed by atoms with Gasteiger partial charge >= 0.3 is 0 Å². The first kappa shape index (κ1) is 42.6. The second-order valence-corrected chi connectivity index (χ2v) is 17.6. The van der Waals surface area contributed by atoms with E-state index in [9.17, 15) is 0 Å². The van der Waals surface area contributed by atoms with Gasteiger partial charge in [-0.15, -0.1) is 10.9 Å². The minimum Gasteiger partial charge on any atom is -0.310 e. The molecule has 0 aliphatic heterocycles. The molecular formula is C60H33B7N2. The Morgan fingerprint density at radius 1 is 0.261 bits per heavy atom. The molecule has 2 nitrogen and oxygen atoms in total. The molecule has 12 aromatic rings. The zero-order chi connectivity index (χ0) is 47.1. The Labute approximate surface area is 410 Å². The van der Waals surface area contributed by atoms with E-state index in [0.717, 1.165) is 83.3 Å². The highest BCUT2D eigenvalue weighted by molar-refractivity contribution is 6.69. The summed E-state index contributed by atoms with van der Waals surface area (Å²) in [5.74, 6) is 0. The predicted molar refractivity (Wildman–Crippen MR) is 300 cm³/mol. The third-order valence-corrected chi connectivity index (χ3v) is 13.7. The van der Waals surface area contributed by atoms with Crippen LogP contribution in [0.2, 0.25) is 0 Å². The Kier molecular flexibility index (Phi) is 10.4. The highest BCUT2D eigenvalue weighted by Gasteiger charge is 2.26. The quantitative estimate of drug-likeness (QED) is 0.145. The van der Waals surface area contributed by atoms with Gasteiger partial charge in [-0.2, -0.15) is 0 Å². The fourth-order valence-corrected chi connectivity index (χ4v) is 10.4. The molecule has 304 valence electrons. The molecule has 0 aliphatic carbocycles. The average molecular weight is 858 g/mol. The molecule has 0 saturated carbocycles. The minimum atomic E-state index is 0.164. The summed E-state index contributed by atoms with van der Waals surface area (Å²) in [6.45, 7) is 0. The number of benzene rings is 10. The minimum absolute atomic E-state index is 0.164. The molecule has 0 fully saturated rings. The summed E-state index contributed by atoms with van der Waals surface area (Å²) in [6, 6.07) is 69.2. The van der Waals surface area contributed by atoms with E-state index in [4.69, 9.17) is 54.9 Å². The van der Waals surface area contributed by atoms with E-state index in [0.29, 0.717) is 43.8 Å². The van der Waals surface area contributed by atoms with Gasteiger partial charge in [0.05, 0.1) is 11.0 Å². The molecule has 0 atom stereocenters. The third-order valence-electron chi connectivity index (χ3n) is 13.7. The van der Waals surface area contributed by atoms with Gasteiger partial charge in [-0.3, -0.25) is 0 Å². The topological polar surface area (TPSA) is 9.86 Å². The maximum atomic E-state index is 7.55. The number of nitrogens with zero attached hydrogens (tertiary/aromatic N) is 2. The van der Waals surface area contributed by atoms with Crippen LogP contribution in [0.1, 0.15) is 0 Å². The van der Waals surface area contributed by atoms with Crippen LogP contribution in [0, 0.1) is 0 Å². The van der Waals surface area contributed by atoms with Gasteiger partial charge in [-0.1, -0.05) is 179 Å². The molecule has 2 aromatic heterocycles. The van der Waals surface area contributed by atoms with Crippen LogP contribution in [0.3, 0.4) is 0 Å². The number of rotatable bonds is 7. The normalized spacial score (nSPS) is 11.6. The number of fused-ring (bicyclic) bond motifs is 6. The zero-order valence-corrected chi connectivity index (χ0v) is 37.5. The summed E-state index contributed by atoms with van der Waals surface area (Å²) >= 11 is 0. The van der Waals surface area contributed by atoms with Crippen molar-refractivity contribution in [3.63, 3.8) is 0 Å². The summed E-state index contributed by atoms with van der Waals surface area (Å²) < 4.78 is 4.32. The Morgan fingerprint density at radius 2 is 0.754 bits per heavy atom. The van der Waals surface area contributed by atoms with Crippen LogP contribution in [-0.2, 0) is 0 Å². The van der Waals surface area contributed by atoms with E-state index >= 15 is 0 Å². The van der Waals surface area contributed by atoms with E-state index in [2.05, 4.69) is 156 Å². The summed E-state index contributed by atoms with van der Waals surface area (Å²) in [6.07, 6.45) is 0. The van der Waals surface area contributed by atoms with E-state index < -0.39 is 0 Å². The molecule has 9 heteroatoms. The van der Waals surface area contributed by atoms with Crippen molar-refractivity contribution in [3.05, 3.63) is 200 Å². The Bertz CT molecular complexity index is 3960. The number of hydrogen-bond donors (Lipinski definition) is 0. The molecule has 0 saturated heterocycles. The monoisotopic (exact) mass is 858 g/mol. The van der Waals surface area contributed by atoms with Crippen LogP contribution in [0.25, 0.3) is 111 Å². The van der Waals surface area contributed by atoms with Crippen molar-refractivity contribution in [3.8, 4) is 67.0 Å². The summed E-state index contributed by atoms with van der Waals surface area (Å²) in [5.41, 5.74) is 16.5. The van der Waals surface area contributed by atoms with E-state index in [1.165, 1.54) is 0 Å². The Morgan fingerprint density at radius 3 is 1.36 bits per heavy atom. The second-order valence-electron chi connectivity index (χ2n) is 17.6. The molecular weight excluding hydrogens is 824 g/mol. The molecule has 0 unspecified atom stereocenters. The molecule has 69 heavy (non-hydrogen) atoms. The van der Waals surface area contributed by atoms with Gasteiger partial charge in [0, 0.05) is 38.6 Å². The zero-order valence-electron chi connectivity index (χ0n) is 37.5. The van der Waals surface area contributed by atoms with Crippen LogP contribution in [0.4, 0.5) is 0 Å². The van der Waals surface area contributed by atoms with Gasteiger partial charge in [-0.05, 0) is 110 Å². The fraction of sp³-hybridized carbons (Fsp3) is 0. The van der Waals surface area contributed by atoms with Crippen molar-refractivity contribution in [2.45, 2.75) is 0 Å². The first-order chi connectivity index (χ1) is 33.7. The van der Waals surface area contributed by atoms with Gasteiger partial charge in [0.15, 0.2) is 0 Å². The molecule has 14 radical (unpaired) electrons. The lowest BCUT2D eigenvalue weighted by Crippen LogP contribution is -2.48. The summed E-state index contributed by atoms with van der Waals surface area (Å²) in [5, 5.41) is 3.20. The van der Waals surface area contributed by atoms with E-state index in [1.54, 1.807) is 0 Å². The van der Waals surface area contributed by atoms with Crippen LogP contribution >= 0.6 is 0 Å². The molecule has 0 N–H and O–H groups in total. The highest BCUT2D eigenvalue weighted by atomic mass is 15.0. The van der Waals surface area contributed by atoms with Crippen LogP contribution in [0.5, 0.6) is 0 Å². The predicted octanol–water partition coefficient (Wildman–Crippen LogP) is 7.77. The highest BCUT2D eigenvalue weighted by Crippen LogP contribution is 2.41. The second kappa shape index (κ2) is 16.8. The van der Waals surface area contributed by atoms with E-state index in [-0.39, 0.29) is 21.9 Å². The van der Waals surface area contributed by atoms with E-state index in [1.807, 2.05) is 53.1 Å². The maximum Gasteiger partial charge on any atom is 0.115 e.